The molecule has 21 heavy (non-hydrogen) atoms. The number of anilines is 2. The summed E-state index contributed by atoms with van der Waals surface area (Å²) in [6.45, 7) is 0. The van der Waals surface area contributed by atoms with Gasteiger partial charge < -0.3 is 20.1 Å². The van der Waals surface area contributed by atoms with Crippen LogP contribution in [0.15, 0.2) is 36.5 Å². The van der Waals surface area contributed by atoms with Gasteiger partial charge in [0.05, 0.1) is 12.8 Å². The Morgan fingerprint density at radius 2 is 2.05 bits per heavy atom. The normalized spacial score (nSPS) is 10.0. The first-order valence-electron chi connectivity index (χ1n) is 6.31. The molecule has 0 amide bonds. The van der Waals surface area contributed by atoms with Crippen LogP contribution in [-0.2, 0) is 4.74 Å². The molecule has 0 aliphatic heterocycles. The summed E-state index contributed by atoms with van der Waals surface area (Å²) in [6.07, 6.45) is 1.54. The molecule has 0 saturated carbocycles. The lowest BCUT2D eigenvalue weighted by atomic mass is 10.2. The number of rotatable bonds is 4. The third kappa shape index (κ3) is 3.22. The molecule has 6 nitrogen and oxygen atoms in total. The number of nitrogens with zero attached hydrogens (tertiary/aromatic N) is 2. The van der Waals surface area contributed by atoms with Crippen molar-refractivity contribution in [3.8, 4) is 11.6 Å². The molecule has 0 fully saturated rings. The highest BCUT2D eigenvalue weighted by molar-refractivity contribution is 5.91. The number of pyridine rings is 1. The Morgan fingerprint density at radius 1 is 1.29 bits per heavy atom. The number of ether oxygens (including phenoxy) is 2. The van der Waals surface area contributed by atoms with Crippen LogP contribution in [-0.4, -0.2) is 32.2 Å². The van der Waals surface area contributed by atoms with E-state index in [1.54, 1.807) is 24.3 Å². The highest BCUT2D eigenvalue weighted by atomic mass is 16.5. The van der Waals surface area contributed by atoms with Gasteiger partial charge >= 0.3 is 5.97 Å². The largest absolute Gasteiger partial charge is 0.465 e. The van der Waals surface area contributed by atoms with Gasteiger partial charge in [0.1, 0.15) is 5.56 Å². The van der Waals surface area contributed by atoms with Gasteiger partial charge in [-0.1, -0.05) is 0 Å². The van der Waals surface area contributed by atoms with Gasteiger partial charge in [-0.3, -0.25) is 0 Å². The first-order chi connectivity index (χ1) is 10.0. The molecule has 0 bridgehead atoms. The highest BCUT2D eigenvalue weighted by Crippen LogP contribution is 2.31. The second-order valence-corrected chi connectivity index (χ2v) is 4.57. The molecule has 2 N–H and O–H groups in total. The predicted octanol–water partition coefficient (Wildman–Crippen LogP) is 2.31. The number of benzene rings is 1. The molecule has 2 rings (SSSR count). The molecule has 0 aliphatic rings. The summed E-state index contributed by atoms with van der Waals surface area (Å²) in [5.74, 6) is 0.0810. The van der Waals surface area contributed by atoms with Crippen LogP contribution in [0.4, 0.5) is 11.4 Å². The molecule has 0 saturated heterocycles. The summed E-state index contributed by atoms with van der Waals surface area (Å²) in [5, 5.41) is 0. The summed E-state index contributed by atoms with van der Waals surface area (Å²) < 4.78 is 10.4. The molecular weight excluding hydrogens is 270 g/mol. The van der Waals surface area contributed by atoms with Crippen molar-refractivity contribution in [2.24, 2.45) is 0 Å². The average Bonchev–Trinajstić information content (AvgIpc) is 2.49. The maximum atomic E-state index is 11.7. The lowest BCUT2D eigenvalue weighted by Gasteiger charge is -2.16. The summed E-state index contributed by atoms with van der Waals surface area (Å²) >= 11 is 0. The monoisotopic (exact) mass is 287 g/mol. The molecule has 6 heteroatoms. The Balaban J connectivity index is 2.39. The van der Waals surface area contributed by atoms with Crippen LogP contribution in [0.1, 0.15) is 10.4 Å². The highest BCUT2D eigenvalue weighted by Gasteiger charge is 2.15. The molecule has 1 aromatic carbocycles. The van der Waals surface area contributed by atoms with Crippen LogP contribution in [0, 0.1) is 0 Å². The molecular formula is C15H17N3O3. The minimum Gasteiger partial charge on any atom is -0.465 e. The Bertz CT molecular complexity index is 656. The minimum absolute atomic E-state index is 0.159. The molecule has 0 spiro atoms. The maximum absolute atomic E-state index is 11.7. The number of carbonyl (C=O) groups excluding carboxylic acids is 1. The zero-order valence-electron chi connectivity index (χ0n) is 12.2. The van der Waals surface area contributed by atoms with Crippen molar-refractivity contribution in [1.29, 1.82) is 0 Å². The lowest BCUT2D eigenvalue weighted by Crippen LogP contribution is -2.09. The maximum Gasteiger partial charge on any atom is 0.343 e. The zero-order valence-corrected chi connectivity index (χ0v) is 12.2. The van der Waals surface area contributed by atoms with Crippen LogP contribution in [0.2, 0.25) is 0 Å². The standard InChI is InChI=1S/C15H17N3O3/c1-18(2)10-6-7-12(16)13(9-10)21-14-11(15(19)20-3)5-4-8-17-14/h4-9H,16H2,1-3H3. The van der Waals surface area contributed by atoms with E-state index in [9.17, 15) is 4.79 Å². The molecule has 0 atom stereocenters. The first kappa shape index (κ1) is 14.6. The van der Waals surface area contributed by atoms with Crippen LogP contribution in [0.3, 0.4) is 0 Å². The average molecular weight is 287 g/mol. The number of carbonyl (C=O) groups is 1. The van der Waals surface area contributed by atoms with E-state index in [0.29, 0.717) is 11.4 Å². The van der Waals surface area contributed by atoms with Crippen molar-refractivity contribution in [1.82, 2.24) is 4.98 Å². The van der Waals surface area contributed by atoms with Crippen molar-refractivity contribution in [2.45, 2.75) is 0 Å². The third-order valence-corrected chi connectivity index (χ3v) is 2.90. The van der Waals surface area contributed by atoms with Crippen molar-refractivity contribution in [3.05, 3.63) is 42.1 Å². The first-order valence-corrected chi connectivity index (χ1v) is 6.31. The van der Waals surface area contributed by atoms with Gasteiger partial charge in [-0.15, -0.1) is 0 Å². The number of nitrogens with two attached hydrogens (primary N) is 1. The fraction of sp³-hybridized carbons (Fsp3) is 0.200. The number of hydrogen-bond donors (Lipinski definition) is 1. The van der Waals surface area contributed by atoms with E-state index in [1.165, 1.54) is 13.3 Å². The van der Waals surface area contributed by atoms with Crippen LogP contribution in [0.25, 0.3) is 0 Å². The molecule has 0 aliphatic carbocycles. The number of aromatic nitrogens is 1. The third-order valence-electron chi connectivity index (χ3n) is 2.90. The van der Waals surface area contributed by atoms with E-state index >= 15 is 0 Å². The lowest BCUT2D eigenvalue weighted by molar-refractivity contribution is 0.0597. The van der Waals surface area contributed by atoms with Crippen LogP contribution >= 0.6 is 0 Å². The zero-order chi connectivity index (χ0) is 15.4. The smallest absolute Gasteiger partial charge is 0.343 e. The van der Waals surface area contributed by atoms with Crippen LogP contribution in [0.5, 0.6) is 11.6 Å². The molecule has 2 aromatic rings. The van der Waals surface area contributed by atoms with E-state index < -0.39 is 5.97 Å². The van der Waals surface area contributed by atoms with Gasteiger partial charge in [0.15, 0.2) is 5.75 Å². The van der Waals surface area contributed by atoms with Gasteiger partial charge in [0.25, 0.3) is 0 Å². The van der Waals surface area contributed by atoms with Gasteiger partial charge in [0.2, 0.25) is 5.88 Å². The van der Waals surface area contributed by atoms with Gasteiger partial charge in [0, 0.05) is 32.0 Å². The van der Waals surface area contributed by atoms with Crippen LogP contribution < -0.4 is 15.4 Å². The second kappa shape index (κ2) is 6.13. The quantitative estimate of drug-likeness (QED) is 0.687. The van der Waals surface area contributed by atoms with E-state index in [0.717, 1.165) is 5.69 Å². The van der Waals surface area contributed by atoms with E-state index in [1.807, 2.05) is 25.1 Å². The van der Waals surface area contributed by atoms with Gasteiger partial charge in [-0.25, -0.2) is 9.78 Å². The summed E-state index contributed by atoms with van der Waals surface area (Å²) in [4.78, 5) is 17.7. The SMILES string of the molecule is COC(=O)c1cccnc1Oc1cc(N(C)C)ccc1N. The molecule has 110 valence electrons. The molecule has 1 heterocycles. The summed E-state index contributed by atoms with van der Waals surface area (Å²) in [6, 6.07) is 8.62. The summed E-state index contributed by atoms with van der Waals surface area (Å²) in [7, 11) is 5.13. The number of hydrogen-bond acceptors (Lipinski definition) is 6. The minimum atomic E-state index is -0.513. The summed E-state index contributed by atoms with van der Waals surface area (Å²) in [5.41, 5.74) is 7.54. The Labute approximate surface area is 123 Å². The number of nitrogen functional groups attached to an aromatic ring is 1. The van der Waals surface area contributed by atoms with E-state index in [-0.39, 0.29) is 11.4 Å². The van der Waals surface area contributed by atoms with Crippen molar-refractivity contribution < 1.29 is 14.3 Å². The molecule has 0 unspecified atom stereocenters. The Morgan fingerprint density at radius 3 is 2.71 bits per heavy atom. The fourth-order valence-corrected chi connectivity index (χ4v) is 1.73. The van der Waals surface area contributed by atoms with E-state index in [4.69, 9.17) is 15.2 Å². The fourth-order valence-electron chi connectivity index (χ4n) is 1.73. The van der Waals surface area contributed by atoms with Crippen molar-refractivity contribution in [3.63, 3.8) is 0 Å². The second-order valence-electron chi connectivity index (χ2n) is 4.57. The van der Waals surface area contributed by atoms with Crippen molar-refractivity contribution >= 4 is 17.3 Å². The molecule has 0 radical (unpaired) electrons. The Kier molecular flexibility index (Phi) is 4.27. The van der Waals surface area contributed by atoms with Gasteiger partial charge in [-0.2, -0.15) is 0 Å². The number of methoxy groups -OCH3 is 1. The molecule has 1 aromatic heterocycles. The predicted molar refractivity (Wildman–Crippen MR) is 80.8 cm³/mol. The van der Waals surface area contributed by atoms with Gasteiger partial charge in [-0.05, 0) is 24.3 Å². The Hall–Kier alpha value is -2.76. The van der Waals surface area contributed by atoms with E-state index in [2.05, 4.69) is 4.98 Å². The number of esters is 1. The van der Waals surface area contributed by atoms with Crippen molar-refractivity contribution in [2.75, 3.05) is 31.8 Å². The topological polar surface area (TPSA) is 77.7 Å².